The van der Waals surface area contributed by atoms with Crippen LogP contribution in [0.3, 0.4) is 0 Å². The molecule has 0 aliphatic heterocycles. The largest absolute Gasteiger partial charge is 0.492 e. The fraction of sp³-hybridized carbons (Fsp3) is 0.409. The Bertz CT molecular complexity index is 717. The van der Waals surface area contributed by atoms with Gasteiger partial charge in [0.1, 0.15) is 11.5 Å². The van der Waals surface area contributed by atoms with Gasteiger partial charge in [0.05, 0.1) is 12.3 Å². The van der Waals surface area contributed by atoms with Gasteiger partial charge in [0.25, 0.3) is 5.91 Å². The second-order valence-corrected chi connectivity index (χ2v) is 7.21. The average molecular weight is 355 g/mol. The third kappa shape index (κ3) is 5.25. The topological polar surface area (TPSA) is 47.6 Å². The maximum atomic E-state index is 12.6. The van der Waals surface area contributed by atoms with Crippen LogP contribution in [0.2, 0.25) is 0 Å². The van der Waals surface area contributed by atoms with E-state index in [1.807, 2.05) is 62.4 Å². The summed E-state index contributed by atoms with van der Waals surface area (Å²) in [5.41, 5.74) is 1.97. The maximum Gasteiger partial charge on any atom is 0.265 e. The monoisotopic (exact) mass is 355 g/mol. The van der Waals surface area contributed by atoms with Crippen molar-refractivity contribution in [2.45, 2.75) is 52.6 Å². The van der Waals surface area contributed by atoms with Crippen LogP contribution in [0.4, 0.5) is 5.69 Å². The molecule has 0 fully saturated rings. The van der Waals surface area contributed by atoms with E-state index in [0.29, 0.717) is 30.2 Å². The van der Waals surface area contributed by atoms with Crippen molar-refractivity contribution in [3.8, 4) is 11.5 Å². The van der Waals surface area contributed by atoms with Gasteiger partial charge in [0.2, 0.25) is 0 Å². The molecule has 1 N–H and O–H groups in total. The van der Waals surface area contributed by atoms with E-state index in [9.17, 15) is 4.79 Å². The molecule has 2 rings (SSSR count). The lowest BCUT2D eigenvalue weighted by molar-refractivity contribution is -0.122. The number of nitrogens with one attached hydrogen (secondary N) is 1. The Morgan fingerprint density at radius 1 is 1.04 bits per heavy atom. The Labute approximate surface area is 156 Å². The normalized spacial score (nSPS) is 12.3. The Balaban J connectivity index is 2.07. The molecule has 0 heterocycles. The lowest BCUT2D eigenvalue weighted by Crippen LogP contribution is -2.32. The fourth-order valence-corrected chi connectivity index (χ4v) is 2.58. The molecule has 0 bridgehead atoms. The van der Waals surface area contributed by atoms with Crippen LogP contribution in [0, 0.1) is 0 Å². The Morgan fingerprint density at radius 3 is 2.27 bits per heavy atom. The fourth-order valence-electron chi connectivity index (χ4n) is 2.58. The van der Waals surface area contributed by atoms with Crippen LogP contribution in [0.1, 0.15) is 46.6 Å². The van der Waals surface area contributed by atoms with Crippen molar-refractivity contribution in [3.05, 3.63) is 54.1 Å². The summed E-state index contributed by atoms with van der Waals surface area (Å²) in [6, 6.07) is 15.3. The highest BCUT2D eigenvalue weighted by Crippen LogP contribution is 2.26. The molecule has 140 valence electrons. The number of rotatable bonds is 7. The SMILES string of the molecule is CCOc1ccccc1NC(=O)C(CC)Oc1ccc(C(C)(C)C)cc1. The van der Waals surface area contributed by atoms with Gasteiger partial charge in [0, 0.05) is 0 Å². The zero-order chi connectivity index (χ0) is 19.2. The number of anilines is 1. The predicted molar refractivity (Wildman–Crippen MR) is 106 cm³/mol. The standard InChI is InChI=1S/C22H29NO3/c1-6-19(26-17-14-12-16(13-15-17)22(3,4)5)21(24)23-18-10-8-9-11-20(18)25-7-2/h8-15,19H,6-7H2,1-5H3,(H,23,24). The number of ether oxygens (including phenoxy) is 2. The van der Waals surface area contributed by atoms with E-state index in [4.69, 9.17) is 9.47 Å². The van der Waals surface area contributed by atoms with Crippen LogP contribution in [0.25, 0.3) is 0 Å². The van der Waals surface area contributed by atoms with Gasteiger partial charge < -0.3 is 14.8 Å². The van der Waals surface area contributed by atoms with Crippen molar-refractivity contribution in [2.24, 2.45) is 0 Å². The van der Waals surface area contributed by atoms with Crippen LogP contribution < -0.4 is 14.8 Å². The van der Waals surface area contributed by atoms with Crippen molar-refractivity contribution in [1.82, 2.24) is 0 Å². The summed E-state index contributed by atoms with van der Waals surface area (Å²) in [7, 11) is 0. The van der Waals surface area contributed by atoms with Gasteiger partial charge in [-0.15, -0.1) is 0 Å². The van der Waals surface area contributed by atoms with Crippen LogP contribution in [0.15, 0.2) is 48.5 Å². The molecule has 0 saturated heterocycles. The second kappa shape index (κ2) is 8.75. The summed E-state index contributed by atoms with van der Waals surface area (Å²) in [5, 5.41) is 2.91. The van der Waals surface area contributed by atoms with Crippen molar-refractivity contribution in [3.63, 3.8) is 0 Å². The van der Waals surface area contributed by atoms with E-state index in [1.54, 1.807) is 0 Å². The molecule has 0 aromatic heterocycles. The Hall–Kier alpha value is -2.49. The van der Waals surface area contributed by atoms with Crippen LogP contribution in [-0.2, 0) is 10.2 Å². The molecule has 2 aromatic carbocycles. The van der Waals surface area contributed by atoms with E-state index in [2.05, 4.69) is 26.1 Å². The highest BCUT2D eigenvalue weighted by Gasteiger charge is 2.20. The molecule has 4 heteroatoms. The van der Waals surface area contributed by atoms with Gasteiger partial charge >= 0.3 is 0 Å². The molecule has 0 spiro atoms. The molecule has 1 atom stereocenters. The Kier molecular flexibility index (Phi) is 6.67. The molecule has 2 aromatic rings. The summed E-state index contributed by atoms with van der Waals surface area (Å²) >= 11 is 0. The number of amides is 1. The maximum absolute atomic E-state index is 12.6. The van der Waals surface area contributed by atoms with E-state index in [0.717, 1.165) is 0 Å². The zero-order valence-electron chi connectivity index (χ0n) is 16.3. The zero-order valence-corrected chi connectivity index (χ0v) is 16.3. The molecule has 1 unspecified atom stereocenters. The van der Waals surface area contributed by atoms with Crippen LogP contribution in [0.5, 0.6) is 11.5 Å². The number of benzene rings is 2. The van der Waals surface area contributed by atoms with Crippen LogP contribution in [-0.4, -0.2) is 18.6 Å². The third-order valence-electron chi connectivity index (χ3n) is 4.11. The minimum absolute atomic E-state index is 0.0864. The van der Waals surface area contributed by atoms with E-state index in [-0.39, 0.29) is 11.3 Å². The number of hydrogen-bond donors (Lipinski definition) is 1. The molecule has 26 heavy (non-hydrogen) atoms. The number of para-hydroxylation sites is 2. The predicted octanol–water partition coefficient (Wildman–Crippen LogP) is 5.18. The molecule has 0 aliphatic rings. The van der Waals surface area contributed by atoms with Crippen molar-refractivity contribution in [1.29, 1.82) is 0 Å². The quantitative estimate of drug-likeness (QED) is 0.744. The van der Waals surface area contributed by atoms with Crippen molar-refractivity contribution in [2.75, 3.05) is 11.9 Å². The molecule has 0 saturated carbocycles. The smallest absolute Gasteiger partial charge is 0.265 e. The summed E-state index contributed by atoms with van der Waals surface area (Å²) in [5.74, 6) is 1.17. The Morgan fingerprint density at radius 2 is 1.69 bits per heavy atom. The molecule has 0 radical (unpaired) electrons. The third-order valence-corrected chi connectivity index (χ3v) is 4.11. The van der Waals surface area contributed by atoms with Gasteiger partial charge in [0.15, 0.2) is 6.10 Å². The van der Waals surface area contributed by atoms with Crippen molar-refractivity contribution < 1.29 is 14.3 Å². The molecule has 4 nitrogen and oxygen atoms in total. The van der Waals surface area contributed by atoms with Crippen LogP contribution >= 0.6 is 0 Å². The summed E-state index contributed by atoms with van der Waals surface area (Å²) in [6.45, 7) is 10.9. The number of carbonyl (C=O) groups excluding carboxylic acids is 1. The minimum atomic E-state index is -0.565. The van der Waals surface area contributed by atoms with Gasteiger partial charge in [-0.05, 0) is 48.6 Å². The van der Waals surface area contributed by atoms with E-state index in [1.165, 1.54) is 5.56 Å². The first-order chi connectivity index (χ1) is 12.3. The molecule has 0 aliphatic carbocycles. The number of hydrogen-bond acceptors (Lipinski definition) is 3. The lowest BCUT2D eigenvalue weighted by atomic mass is 9.87. The summed E-state index contributed by atoms with van der Waals surface area (Å²) in [4.78, 5) is 12.6. The minimum Gasteiger partial charge on any atom is -0.492 e. The van der Waals surface area contributed by atoms with E-state index >= 15 is 0 Å². The van der Waals surface area contributed by atoms with Crippen molar-refractivity contribution >= 4 is 11.6 Å². The molecule has 1 amide bonds. The molecular formula is C22H29NO3. The summed E-state index contributed by atoms with van der Waals surface area (Å²) in [6.07, 6.45) is 0.00841. The van der Waals surface area contributed by atoms with Gasteiger partial charge in [-0.25, -0.2) is 0 Å². The highest BCUT2D eigenvalue weighted by molar-refractivity contribution is 5.95. The average Bonchev–Trinajstić information content (AvgIpc) is 2.61. The van der Waals surface area contributed by atoms with E-state index < -0.39 is 6.10 Å². The first kappa shape index (κ1) is 19.8. The van der Waals surface area contributed by atoms with Gasteiger partial charge in [-0.1, -0.05) is 52.0 Å². The lowest BCUT2D eigenvalue weighted by Gasteiger charge is -2.21. The molecular weight excluding hydrogens is 326 g/mol. The van der Waals surface area contributed by atoms with Gasteiger partial charge in [-0.2, -0.15) is 0 Å². The van der Waals surface area contributed by atoms with Gasteiger partial charge in [-0.3, -0.25) is 4.79 Å². The number of carbonyl (C=O) groups is 1. The first-order valence-corrected chi connectivity index (χ1v) is 9.15. The highest BCUT2D eigenvalue weighted by atomic mass is 16.5. The second-order valence-electron chi connectivity index (χ2n) is 7.21. The first-order valence-electron chi connectivity index (χ1n) is 9.15. The summed E-state index contributed by atoms with van der Waals surface area (Å²) < 4.78 is 11.5.